The van der Waals surface area contributed by atoms with Crippen LogP contribution in [0.2, 0.25) is 0 Å². The van der Waals surface area contributed by atoms with E-state index in [1.54, 1.807) is 0 Å². The first-order valence-corrected chi connectivity index (χ1v) is 5.07. The van der Waals surface area contributed by atoms with Gasteiger partial charge in [-0.2, -0.15) is 0 Å². The molecule has 0 saturated carbocycles. The molecule has 0 amide bonds. The first kappa shape index (κ1) is 11.9. The van der Waals surface area contributed by atoms with E-state index in [-0.39, 0.29) is 12.1 Å². The molecule has 2 heteroatoms. The van der Waals surface area contributed by atoms with Crippen LogP contribution in [0.15, 0.2) is 0 Å². The van der Waals surface area contributed by atoms with E-state index in [9.17, 15) is 5.11 Å². The van der Waals surface area contributed by atoms with Gasteiger partial charge in [-0.15, -0.1) is 0 Å². The van der Waals surface area contributed by atoms with Crippen LogP contribution in [0.25, 0.3) is 0 Å². The summed E-state index contributed by atoms with van der Waals surface area (Å²) in [6.45, 7) is 6.33. The second kappa shape index (κ2) is 6.44. The molecule has 3 atom stereocenters. The number of aliphatic hydroxyl groups is 1. The van der Waals surface area contributed by atoms with Crippen LogP contribution in [0.5, 0.6) is 0 Å². The van der Waals surface area contributed by atoms with Crippen LogP contribution in [0, 0.1) is 5.92 Å². The topological polar surface area (TPSA) is 46.2 Å². The third kappa shape index (κ3) is 4.07. The fourth-order valence-corrected chi connectivity index (χ4v) is 1.26. The van der Waals surface area contributed by atoms with Crippen molar-refractivity contribution in [3.8, 4) is 0 Å². The van der Waals surface area contributed by atoms with Crippen molar-refractivity contribution >= 4 is 0 Å². The van der Waals surface area contributed by atoms with Gasteiger partial charge in [-0.05, 0) is 12.3 Å². The average Bonchev–Trinajstić information content (AvgIpc) is 2.11. The van der Waals surface area contributed by atoms with Crippen molar-refractivity contribution in [3.05, 3.63) is 0 Å². The molecule has 0 aromatic heterocycles. The van der Waals surface area contributed by atoms with Crippen LogP contribution >= 0.6 is 0 Å². The van der Waals surface area contributed by atoms with Crippen LogP contribution in [0.4, 0.5) is 0 Å². The number of hydrogen-bond donors (Lipinski definition) is 2. The van der Waals surface area contributed by atoms with Crippen molar-refractivity contribution in [2.24, 2.45) is 11.7 Å². The van der Waals surface area contributed by atoms with E-state index in [2.05, 4.69) is 20.8 Å². The molecule has 1 unspecified atom stereocenters. The molecule has 0 radical (unpaired) electrons. The van der Waals surface area contributed by atoms with E-state index >= 15 is 0 Å². The van der Waals surface area contributed by atoms with Gasteiger partial charge in [-0.3, -0.25) is 0 Å². The number of aliphatic hydroxyl groups excluding tert-OH is 1. The molecule has 0 fully saturated rings. The fraction of sp³-hybridized carbons (Fsp3) is 1.00. The van der Waals surface area contributed by atoms with Gasteiger partial charge >= 0.3 is 0 Å². The maximum absolute atomic E-state index is 9.63. The average molecular weight is 173 g/mol. The lowest BCUT2D eigenvalue weighted by atomic mass is 9.93. The molecule has 0 rings (SSSR count). The highest BCUT2D eigenvalue weighted by atomic mass is 16.3. The van der Waals surface area contributed by atoms with Crippen LogP contribution in [0.1, 0.15) is 46.5 Å². The fourth-order valence-electron chi connectivity index (χ4n) is 1.26. The zero-order valence-electron chi connectivity index (χ0n) is 8.59. The molecule has 0 spiro atoms. The van der Waals surface area contributed by atoms with Crippen molar-refractivity contribution in [1.29, 1.82) is 0 Å². The van der Waals surface area contributed by atoms with Gasteiger partial charge in [0.1, 0.15) is 0 Å². The molecule has 12 heavy (non-hydrogen) atoms. The van der Waals surface area contributed by atoms with E-state index < -0.39 is 0 Å². The Morgan fingerprint density at radius 3 is 2.33 bits per heavy atom. The van der Waals surface area contributed by atoms with E-state index in [4.69, 9.17) is 5.73 Å². The molecule has 0 aliphatic rings. The normalized spacial score (nSPS) is 18.8. The third-order valence-corrected chi connectivity index (χ3v) is 2.60. The molecular weight excluding hydrogens is 150 g/mol. The van der Waals surface area contributed by atoms with E-state index in [0.29, 0.717) is 5.92 Å². The lowest BCUT2D eigenvalue weighted by Gasteiger charge is -2.23. The van der Waals surface area contributed by atoms with Gasteiger partial charge in [0.05, 0.1) is 6.10 Å². The second-order valence-electron chi connectivity index (χ2n) is 3.67. The van der Waals surface area contributed by atoms with Gasteiger partial charge in [0, 0.05) is 6.04 Å². The van der Waals surface area contributed by atoms with Gasteiger partial charge in [0.15, 0.2) is 0 Å². The number of rotatable bonds is 6. The highest BCUT2D eigenvalue weighted by molar-refractivity contribution is 4.76. The third-order valence-electron chi connectivity index (χ3n) is 2.60. The Bertz CT molecular complexity index is 106. The molecule has 0 heterocycles. The van der Waals surface area contributed by atoms with E-state index in [0.717, 1.165) is 25.7 Å². The molecule has 0 bridgehead atoms. The summed E-state index contributed by atoms with van der Waals surface area (Å²) in [6.07, 6.45) is 3.79. The summed E-state index contributed by atoms with van der Waals surface area (Å²) in [7, 11) is 0. The summed E-state index contributed by atoms with van der Waals surface area (Å²) in [6, 6.07) is -0.0402. The Labute approximate surface area is 76.2 Å². The SMILES string of the molecule is CCCC[C@H](O)[C@@H](N)C(C)CC. The van der Waals surface area contributed by atoms with Crippen LogP contribution in [0.3, 0.4) is 0 Å². The van der Waals surface area contributed by atoms with Crippen molar-refractivity contribution in [3.63, 3.8) is 0 Å². The van der Waals surface area contributed by atoms with Crippen molar-refractivity contribution in [1.82, 2.24) is 0 Å². The highest BCUT2D eigenvalue weighted by Crippen LogP contribution is 2.13. The lowest BCUT2D eigenvalue weighted by Crippen LogP contribution is -2.39. The smallest absolute Gasteiger partial charge is 0.0693 e. The minimum atomic E-state index is -0.306. The Kier molecular flexibility index (Phi) is 6.39. The summed E-state index contributed by atoms with van der Waals surface area (Å²) in [5, 5.41) is 9.63. The number of nitrogens with two attached hydrogens (primary N) is 1. The Balaban J connectivity index is 3.67. The minimum absolute atomic E-state index is 0.0402. The minimum Gasteiger partial charge on any atom is -0.392 e. The zero-order valence-corrected chi connectivity index (χ0v) is 8.59. The second-order valence-corrected chi connectivity index (χ2v) is 3.67. The molecule has 0 aliphatic heterocycles. The standard InChI is InChI=1S/C10H23NO/c1-4-6-7-9(12)10(11)8(3)5-2/h8-10,12H,4-7,11H2,1-3H3/t8?,9-,10-/m0/s1. The van der Waals surface area contributed by atoms with E-state index in [1.165, 1.54) is 0 Å². The van der Waals surface area contributed by atoms with Gasteiger partial charge in [0.25, 0.3) is 0 Å². The largest absolute Gasteiger partial charge is 0.392 e. The van der Waals surface area contributed by atoms with Crippen molar-refractivity contribution in [2.45, 2.75) is 58.6 Å². The van der Waals surface area contributed by atoms with Gasteiger partial charge in [-0.25, -0.2) is 0 Å². The van der Waals surface area contributed by atoms with Crippen LogP contribution in [-0.2, 0) is 0 Å². The maximum atomic E-state index is 9.63. The molecule has 0 aromatic rings. The van der Waals surface area contributed by atoms with Gasteiger partial charge in [0.2, 0.25) is 0 Å². The Morgan fingerprint density at radius 2 is 1.92 bits per heavy atom. The Hall–Kier alpha value is -0.0800. The summed E-state index contributed by atoms with van der Waals surface area (Å²) in [5.74, 6) is 0.428. The molecule has 0 saturated heterocycles. The summed E-state index contributed by atoms with van der Waals surface area (Å²) < 4.78 is 0. The first-order chi connectivity index (χ1) is 5.63. The highest BCUT2D eigenvalue weighted by Gasteiger charge is 2.18. The van der Waals surface area contributed by atoms with E-state index in [1.807, 2.05) is 0 Å². The zero-order chi connectivity index (χ0) is 9.56. The maximum Gasteiger partial charge on any atom is 0.0693 e. The Morgan fingerprint density at radius 1 is 1.33 bits per heavy atom. The van der Waals surface area contributed by atoms with Crippen molar-refractivity contribution in [2.75, 3.05) is 0 Å². The molecule has 74 valence electrons. The molecule has 0 aromatic carbocycles. The molecule has 2 nitrogen and oxygen atoms in total. The molecule has 0 aliphatic carbocycles. The first-order valence-electron chi connectivity index (χ1n) is 5.07. The quantitative estimate of drug-likeness (QED) is 0.644. The number of hydrogen-bond acceptors (Lipinski definition) is 2. The molecular formula is C10H23NO. The predicted octanol–water partition coefficient (Wildman–Crippen LogP) is 1.91. The molecule has 3 N–H and O–H groups in total. The van der Waals surface area contributed by atoms with Crippen LogP contribution in [-0.4, -0.2) is 17.3 Å². The monoisotopic (exact) mass is 173 g/mol. The lowest BCUT2D eigenvalue weighted by molar-refractivity contribution is 0.108. The summed E-state index contributed by atoms with van der Waals surface area (Å²) >= 11 is 0. The number of unbranched alkanes of at least 4 members (excludes halogenated alkanes) is 1. The van der Waals surface area contributed by atoms with Crippen molar-refractivity contribution < 1.29 is 5.11 Å². The summed E-state index contributed by atoms with van der Waals surface area (Å²) in [4.78, 5) is 0. The predicted molar refractivity (Wildman–Crippen MR) is 53.0 cm³/mol. The summed E-state index contributed by atoms with van der Waals surface area (Å²) in [5.41, 5.74) is 5.86. The van der Waals surface area contributed by atoms with Crippen LogP contribution < -0.4 is 5.73 Å². The van der Waals surface area contributed by atoms with Gasteiger partial charge < -0.3 is 10.8 Å². The van der Waals surface area contributed by atoms with Gasteiger partial charge in [-0.1, -0.05) is 40.0 Å².